The zero-order valence-electron chi connectivity index (χ0n) is 18.6. The van der Waals surface area contributed by atoms with Crippen molar-refractivity contribution < 1.29 is 9.53 Å². The van der Waals surface area contributed by atoms with Gasteiger partial charge in [0, 0.05) is 44.6 Å². The number of ether oxygens (including phenoxy) is 1. The number of fused-ring (bicyclic) bond motifs is 1. The second-order valence-electron chi connectivity index (χ2n) is 9.62. The zero-order chi connectivity index (χ0) is 21.2. The maximum atomic E-state index is 13.2. The maximum absolute atomic E-state index is 13.2. The predicted molar refractivity (Wildman–Crippen MR) is 123 cm³/mol. The molecule has 2 fully saturated rings. The monoisotopic (exact) mass is 418 g/mol. The Morgan fingerprint density at radius 2 is 1.84 bits per heavy atom. The lowest BCUT2D eigenvalue weighted by molar-refractivity contribution is -0.134. The van der Waals surface area contributed by atoms with E-state index in [9.17, 15) is 4.79 Å². The van der Waals surface area contributed by atoms with Crippen LogP contribution in [0.1, 0.15) is 48.3 Å². The van der Waals surface area contributed by atoms with Gasteiger partial charge in [-0.15, -0.1) is 0 Å². The number of amides is 1. The molecule has 0 bridgehead atoms. The summed E-state index contributed by atoms with van der Waals surface area (Å²) in [7, 11) is 1.73. The van der Waals surface area contributed by atoms with Gasteiger partial charge >= 0.3 is 0 Å². The van der Waals surface area contributed by atoms with Crippen LogP contribution < -0.4 is 4.74 Å². The Bertz CT molecular complexity index is 921. The Hall–Kier alpha value is -2.33. The Morgan fingerprint density at radius 3 is 2.65 bits per heavy atom. The molecule has 1 saturated heterocycles. The molecule has 0 spiro atoms. The Kier molecular flexibility index (Phi) is 5.99. The molecule has 2 aliphatic heterocycles. The number of hydrogen-bond acceptors (Lipinski definition) is 3. The molecule has 2 aromatic carbocycles. The fourth-order valence-corrected chi connectivity index (χ4v) is 5.96. The number of rotatable bonds is 5. The minimum absolute atomic E-state index is 0.256. The Labute approximate surface area is 186 Å². The van der Waals surface area contributed by atoms with Crippen molar-refractivity contribution in [2.45, 2.75) is 44.6 Å². The SMILES string of the molecule is COc1cccc(C2CN(C(=O)C3CCCC3)CC2CN2CCc3ccccc3C2)c1. The van der Waals surface area contributed by atoms with Crippen LogP contribution in [0.25, 0.3) is 0 Å². The van der Waals surface area contributed by atoms with Crippen LogP contribution in [0.3, 0.4) is 0 Å². The third-order valence-electron chi connectivity index (χ3n) is 7.68. The molecule has 0 aromatic heterocycles. The van der Waals surface area contributed by atoms with Crippen molar-refractivity contribution in [3.05, 3.63) is 65.2 Å². The fraction of sp³-hybridized carbons (Fsp3) is 0.519. The van der Waals surface area contributed by atoms with Crippen molar-refractivity contribution >= 4 is 5.91 Å². The molecule has 31 heavy (non-hydrogen) atoms. The van der Waals surface area contributed by atoms with E-state index >= 15 is 0 Å². The van der Waals surface area contributed by atoms with Gasteiger partial charge in [0.05, 0.1) is 7.11 Å². The summed E-state index contributed by atoms with van der Waals surface area (Å²) in [6.07, 6.45) is 5.69. The molecule has 2 aromatic rings. The van der Waals surface area contributed by atoms with E-state index in [1.807, 2.05) is 6.07 Å². The quantitative estimate of drug-likeness (QED) is 0.717. The molecule has 164 valence electrons. The number of carbonyl (C=O) groups is 1. The molecule has 4 nitrogen and oxygen atoms in total. The average molecular weight is 419 g/mol. The topological polar surface area (TPSA) is 32.8 Å². The van der Waals surface area contributed by atoms with Gasteiger partial charge < -0.3 is 9.64 Å². The highest BCUT2D eigenvalue weighted by molar-refractivity contribution is 5.79. The zero-order valence-corrected chi connectivity index (χ0v) is 18.6. The van der Waals surface area contributed by atoms with Gasteiger partial charge in [-0.25, -0.2) is 0 Å². The summed E-state index contributed by atoms with van der Waals surface area (Å²) < 4.78 is 5.50. The summed E-state index contributed by atoms with van der Waals surface area (Å²) in [6, 6.07) is 17.3. The molecule has 4 heteroatoms. The number of likely N-dealkylation sites (tertiary alicyclic amines) is 1. The smallest absolute Gasteiger partial charge is 0.225 e. The lowest BCUT2D eigenvalue weighted by atomic mass is 9.87. The first kappa shape index (κ1) is 20.6. The van der Waals surface area contributed by atoms with Gasteiger partial charge in [0.2, 0.25) is 5.91 Å². The molecule has 1 saturated carbocycles. The van der Waals surface area contributed by atoms with Crippen molar-refractivity contribution in [1.82, 2.24) is 9.80 Å². The summed E-state index contributed by atoms with van der Waals surface area (Å²) in [5.74, 6) is 2.40. The summed E-state index contributed by atoms with van der Waals surface area (Å²) in [5.41, 5.74) is 4.26. The van der Waals surface area contributed by atoms with Gasteiger partial charge in [-0.3, -0.25) is 9.69 Å². The van der Waals surface area contributed by atoms with Crippen LogP contribution >= 0.6 is 0 Å². The number of nitrogens with zero attached hydrogens (tertiary/aromatic N) is 2. The van der Waals surface area contributed by atoms with Gasteiger partial charge in [0.1, 0.15) is 5.75 Å². The van der Waals surface area contributed by atoms with E-state index in [-0.39, 0.29) is 5.92 Å². The minimum Gasteiger partial charge on any atom is -0.497 e. The summed E-state index contributed by atoms with van der Waals surface area (Å²) in [5, 5.41) is 0. The molecular weight excluding hydrogens is 384 g/mol. The second kappa shape index (κ2) is 9.04. The van der Waals surface area contributed by atoms with E-state index in [1.54, 1.807) is 7.11 Å². The van der Waals surface area contributed by atoms with Gasteiger partial charge in [-0.1, -0.05) is 49.2 Å². The molecule has 0 radical (unpaired) electrons. The molecular formula is C27H34N2O2. The number of methoxy groups -OCH3 is 1. The van der Waals surface area contributed by atoms with Gasteiger partial charge in [0.25, 0.3) is 0 Å². The van der Waals surface area contributed by atoms with Crippen LogP contribution in [0, 0.1) is 11.8 Å². The second-order valence-corrected chi connectivity index (χ2v) is 9.62. The molecule has 5 rings (SSSR count). The van der Waals surface area contributed by atoms with Crippen LogP contribution in [-0.4, -0.2) is 49.0 Å². The predicted octanol–water partition coefficient (Wildman–Crippen LogP) is 4.49. The standard InChI is InChI=1S/C27H34N2O2/c1-31-25-12-6-11-22(15-25)26-19-29(27(30)21-8-3-4-9-21)18-24(26)17-28-14-13-20-7-2-5-10-23(20)16-28/h2,5-7,10-12,15,21,24,26H,3-4,8-9,13-14,16-19H2,1H3. The first-order chi connectivity index (χ1) is 15.2. The van der Waals surface area contributed by atoms with Crippen molar-refractivity contribution in [2.75, 3.05) is 33.3 Å². The van der Waals surface area contributed by atoms with E-state index in [2.05, 4.69) is 52.3 Å². The minimum atomic E-state index is 0.256. The molecule has 2 heterocycles. The third kappa shape index (κ3) is 4.36. The molecule has 3 aliphatic rings. The van der Waals surface area contributed by atoms with Crippen LogP contribution in [0.5, 0.6) is 5.75 Å². The van der Waals surface area contributed by atoms with Crippen molar-refractivity contribution in [1.29, 1.82) is 0 Å². The molecule has 2 unspecified atom stereocenters. The lowest BCUT2D eigenvalue weighted by Crippen LogP contribution is -2.37. The normalized spacial score (nSPS) is 24.4. The van der Waals surface area contributed by atoms with E-state index in [0.29, 0.717) is 17.7 Å². The van der Waals surface area contributed by atoms with Crippen molar-refractivity contribution in [3.8, 4) is 5.75 Å². The van der Waals surface area contributed by atoms with Gasteiger partial charge in [-0.2, -0.15) is 0 Å². The fourth-order valence-electron chi connectivity index (χ4n) is 5.96. The Balaban J connectivity index is 1.35. The Morgan fingerprint density at radius 1 is 1.03 bits per heavy atom. The van der Waals surface area contributed by atoms with E-state index in [4.69, 9.17) is 4.74 Å². The lowest BCUT2D eigenvalue weighted by Gasteiger charge is -2.32. The van der Waals surface area contributed by atoms with Crippen LogP contribution in [0.15, 0.2) is 48.5 Å². The first-order valence-corrected chi connectivity index (χ1v) is 11.9. The highest BCUT2D eigenvalue weighted by Gasteiger charge is 2.39. The van der Waals surface area contributed by atoms with Gasteiger partial charge in [0.15, 0.2) is 0 Å². The first-order valence-electron chi connectivity index (χ1n) is 11.9. The van der Waals surface area contributed by atoms with E-state index in [0.717, 1.165) is 57.7 Å². The molecule has 1 amide bonds. The third-order valence-corrected chi connectivity index (χ3v) is 7.68. The highest BCUT2D eigenvalue weighted by Crippen LogP contribution is 2.37. The summed E-state index contributed by atoms with van der Waals surface area (Å²) >= 11 is 0. The number of benzene rings is 2. The van der Waals surface area contributed by atoms with E-state index in [1.165, 1.54) is 29.5 Å². The average Bonchev–Trinajstić information content (AvgIpc) is 3.49. The summed E-state index contributed by atoms with van der Waals surface area (Å²) in [6.45, 7) is 4.90. The largest absolute Gasteiger partial charge is 0.497 e. The van der Waals surface area contributed by atoms with E-state index < -0.39 is 0 Å². The van der Waals surface area contributed by atoms with Crippen LogP contribution in [0.2, 0.25) is 0 Å². The van der Waals surface area contributed by atoms with Crippen molar-refractivity contribution in [3.63, 3.8) is 0 Å². The number of carbonyl (C=O) groups excluding carboxylic acids is 1. The van der Waals surface area contributed by atoms with Crippen LogP contribution in [-0.2, 0) is 17.8 Å². The molecule has 2 atom stereocenters. The highest BCUT2D eigenvalue weighted by atomic mass is 16.5. The van der Waals surface area contributed by atoms with Gasteiger partial charge in [-0.05, 0) is 54.0 Å². The molecule has 0 N–H and O–H groups in total. The van der Waals surface area contributed by atoms with Crippen LogP contribution in [0.4, 0.5) is 0 Å². The summed E-state index contributed by atoms with van der Waals surface area (Å²) in [4.78, 5) is 18.0. The number of hydrogen-bond donors (Lipinski definition) is 0. The molecule has 1 aliphatic carbocycles. The maximum Gasteiger partial charge on any atom is 0.225 e. The van der Waals surface area contributed by atoms with Crippen molar-refractivity contribution in [2.24, 2.45) is 11.8 Å².